The molecule has 154 valence electrons. The average molecular weight is 414 g/mol. The number of benzene rings is 2. The number of rotatable bonds is 5. The molecule has 2 aromatic rings. The molecule has 29 heavy (non-hydrogen) atoms. The van der Waals surface area contributed by atoms with Crippen molar-refractivity contribution in [2.75, 3.05) is 6.54 Å². The Morgan fingerprint density at radius 1 is 1.21 bits per heavy atom. The molecule has 0 saturated carbocycles. The van der Waals surface area contributed by atoms with E-state index in [-0.39, 0.29) is 17.7 Å². The second kappa shape index (κ2) is 8.87. The van der Waals surface area contributed by atoms with Crippen molar-refractivity contribution in [1.82, 2.24) is 10.2 Å². The smallest absolute Gasteiger partial charge is 0.318 e. The number of carbonyl (C=O) groups excluding carboxylic acids is 1. The van der Waals surface area contributed by atoms with Crippen LogP contribution in [0.25, 0.3) is 0 Å². The van der Waals surface area contributed by atoms with Crippen LogP contribution in [0.3, 0.4) is 0 Å². The second-order valence-corrected chi connectivity index (χ2v) is 8.89. The Kier molecular flexibility index (Phi) is 6.48. The van der Waals surface area contributed by atoms with E-state index in [1.807, 2.05) is 57.2 Å². The van der Waals surface area contributed by atoms with Gasteiger partial charge in [-0.2, -0.15) is 0 Å². The molecule has 6 heteroatoms. The first-order valence-electron chi connectivity index (χ1n) is 9.81. The normalized spacial score (nSPS) is 16.2. The highest BCUT2D eigenvalue weighted by atomic mass is 35.5. The van der Waals surface area contributed by atoms with Crippen LogP contribution in [0, 0.1) is 6.92 Å². The Balaban J connectivity index is 1.71. The SMILES string of the molecule is Cc1ccc(C2=NO[C@@H](CN(Cc3ccccc3Cl)C(=O)NC(C)(C)C)C2)cc1. The molecule has 0 aliphatic carbocycles. The summed E-state index contributed by atoms with van der Waals surface area (Å²) >= 11 is 6.33. The summed E-state index contributed by atoms with van der Waals surface area (Å²) in [5.74, 6) is 0. The van der Waals surface area contributed by atoms with Gasteiger partial charge in [0.1, 0.15) is 0 Å². The van der Waals surface area contributed by atoms with Crippen LogP contribution >= 0.6 is 11.6 Å². The lowest BCUT2D eigenvalue weighted by atomic mass is 10.0. The molecule has 0 unspecified atom stereocenters. The summed E-state index contributed by atoms with van der Waals surface area (Å²) < 4.78 is 0. The fraction of sp³-hybridized carbons (Fsp3) is 0.391. The minimum Gasteiger partial charge on any atom is -0.390 e. The van der Waals surface area contributed by atoms with Crippen LogP contribution in [0.4, 0.5) is 4.79 Å². The monoisotopic (exact) mass is 413 g/mol. The molecule has 5 nitrogen and oxygen atoms in total. The molecular weight excluding hydrogens is 386 g/mol. The van der Waals surface area contributed by atoms with E-state index in [1.165, 1.54) is 5.56 Å². The summed E-state index contributed by atoms with van der Waals surface area (Å²) in [5, 5.41) is 7.94. The largest absolute Gasteiger partial charge is 0.390 e. The molecule has 0 radical (unpaired) electrons. The average Bonchev–Trinajstić information content (AvgIpc) is 3.10. The zero-order chi connectivity index (χ0) is 21.0. The minimum atomic E-state index is -0.337. The van der Waals surface area contributed by atoms with Gasteiger partial charge in [0.2, 0.25) is 0 Å². The first-order valence-corrected chi connectivity index (χ1v) is 10.2. The van der Waals surface area contributed by atoms with Crippen LogP contribution < -0.4 is 5.32 Å². The maximum absolute atomic E-state index is 12.9. The zero-order valence-electron chi connectivity index (χ0n) is 17.4. The third-order valence-corrected chi connectivity index (χ3v) is 5.00. The Hall–Kier alpha value is -2.53. The maximum atomic E-state index is 12.9. The molecule has 2 aromatic carbocycles. The van der Waals surface area contributed by atoms with Gasteiger partial charge in [-0.25, -0.2) is 4.79 Å². The first-order chi connectivity index (χ1) is 13.7. The number of aryl methyl sites for hydroxylation is 1. The fourth-order valence-electron chi connectivity index (χ4n) is 3.14. The highest BCUT2D eigenvalue weighted by Gasteiger charge is 2.28. The molecule has 1 N–H and O–H groups in total. The highest BCUT2D eigenvalue weighted by molar-refractivity contribution is 6.31. The molecule has 2 amide bonds. The number of amides is 2. The molecule has 0 aromatic heterocycles. The number of nitrogens with one attached hydrogen (secondary N) is 1. The van der Waals surface area contributed by atoms with Gasteiger partial charge in [-0.3, -0.25) is 0 Å². The van der Waals surface area contributed by atoms with Crippen LogP contribution in [0.1, 0.15) is 43.9 Å². The maximum Gasteiger partial charge on any atom is 0.318 e. The van der Waals surface area contributed by atoms with Gasteiger partial charge in [-0.05, 0) is 44.9 Å². The van der Waals surface area contributed by atoms with Crippen LogP contribution in [-0.4, -0.2) is 34.8 Å². The number of halogens is 1. The third-order valence-electron chi connectivity index (χ3n) is 4.63. The predicted octanol–water partition coefficient (Wildman–Crippen LogP) is 5.15. The molecule has 1 aliphatic heterocycles. The van der Waals surface area contributed by atoms with Crippen molar-refractivity contribution < 1.29 is 9.63 Å². The van der Waals surface area contributed by atoms with E-state index in [2.05, 4.69) is 29.5 Å². The molecule has 0 bridgehead atoms. The van der Waals surface area contributed by atoms with Gasteiger partial charge in [-0.1, -0.05) is 64.8 Å². The van der Waals surface area contributed by atoms with Gasteiger partial charge < -0.3 is 15.1 Å². The van der Waals surface area contributed by atoms with Crippen molar-refractivity contribution in [3.05, 3.63) is 70.2 Å². The van der Waals surface area contributed by atoms with Crippen LogP contribution in [0.5, 0.6) is 0 Å². The lowest BCUT2D eigenvalue weighted by Gasteiger charge is -2.30. The molecular formula is C23H28ClN3O2. The van der Waals surface area contributed by atoms with E-state index in [0.717, 1.165) is 16.8 Å². The first kappa shape index (κ1) is 21.2. The van der Waals surface area contributed by atoms with Gasteiger partial charge in [0.15, 0.2) is 6.10 Å². The van der Waals surface area contributed by atoms with Crippen LogP contribution in [0.2, 0.25) is 5.02 Å². The number of urea groups is 1. The lowest BCUT2D eigenvalue weighted by molar-refractivity contribution is 0.0580. The van der Waals surface area contributed by atoms with Crippen molar-refractivity contribution in [3.8, 4) is 0 Å². The molecule has 1 aliphatic rings. The zero-order valence-corrected chi connectivity index (χ0v) is 18.2. The molecule has 0 saturated heterocycles. The Bertz CT molecular complexity index is 888. The molecule has 0 fully saturated rings. The van der Waals surface area contributed by atoms with Gasteiger partial charge in [-0.15, -0.1) is 0 Å². The van der Waals surface area contributed by atoms with Crippen LogP contribution in [0.15, 0.2) is 53.7 Å². The second-order valence-electron chi connectivity index (χ2n) is 8.49. The van der Waals surface area contributed by atoms with E-state index in [9.17, 15) is 4.79 Å². The topological polar surface area (TPSA) is 53.9 Å². The summed E-state index contributed by atoms with van der Waals surface area (Å²) in [6.45, 7) is 8.77. The van der Waals surface area contributed by atoms with Crippen molar-refractivity contribution in [1.29, 1.82) is 0 Å². The van der Waals surface area contributed by atoms with E-state index in [0.29, 0.717) is 24.5 Å². The quantitative estimate of drug-likeness (QED) is 0.736. The minimum absolute atomic E-state index is 0.148. The Morgan fingerprint density at radius 3 is 2.55 bits per heavy atom. The van der Waals surface area contributed by atoms with E-state index in [1.54, 1.807) is 4.90 Å². The van der Waals surface area contributed by atoms with E-state index in [4.69, 9.17) is 16.4 Å². The van der Waals surface area contributed by atoms with Crippen LogP contribution in [-0.2, 0) is 11.4 Å². The summed E-state index contributed by atoms with van der Waals surface area (Å²) in [5.41, 5.74) is 3.72. The van der Waals surface area contributed by atoms with Gasteiger partial charge in [0, 0.05) is 23.5 Å². The number of hydrogen-bond donors (Lipinski definition) is 1. The number of carbonyl (C=O) groups is 1. The van der Waals surface area contributed by atoms with Crippen molar-refractivity contribution in [2.45, 2.75) is 52.3 Å². The van der Waals surface area contributed by atoms with E-state index < -0.39 is 0 Å². The predicted molar refractivity (Wildman–Crippen MR) is 117 cm³/mol. The van der Waals surface area contributed by atoms with Crippen molar-refractivity contribution in [3.63, 3.8) is 0 Å². The van der Waals surface area contributed by atoms with E-state index >= 15 is 0 Å². The number of hydrogen-bond acceptors (Lipinski definition) is 3. The van der Waals surface area contributed by atoms with Gasteiger partial charge >= 0.3 is 6.03 Å². The molecule has 0 spiro atoms. The van der Waals surface area contributed by atoms with Crippen molar-refractivity contribution >= 4 is 23.3 Å². The third kappa shape index (κ3) is 5.97. The standard InChI is InChI=1S/C23H28ClN3O2/c1-16-9-11-17(12-10-16)21-13-19(29-26-21)15-27(22(28)25-23(2,3)4)14-18-7-5-6-8-20(18)24/h5-12,19H,13-15H2,1-4H3,(H,25,28)/t19-/m1/s1. The molecule has 1 heterocycles. The lowest BCUT2D eigenvalue weighted by Crippen LogP contribution is -2.50. The number of nitrogens with zero attached hydrogens (tertiary/aromatic N) is 2. The summed E-state index contributed by atoms with van der Waals surface area (Å²) in [6.07, 6.45) is 0.463. The number of oxime groups is 1. The van der Waals surface area contributed by atoms with Gasteiger partial charge in [0.25, 0.3) is 0 Å². The van der Waals surface area contributed by atoms with Crippen molar-refractivity contribution in [2.24, 2.45) is 5.16 Å². The van der Waals surface area contributed by atoms with Gasteiger partial charge in [0.05, 0.1) is 12.3 Å². The fourth-order valence-corrected chi connectivity index (χ4v) is 3.34. The molecule has 1 atom stereocenters. The summed E-state index contributed by atoms with van der Waals surface area (Å²) in [6, 6.07) is 15.6. The molecule has 3 rings (SSSR count). The summed E-state index contributed by atoms with van der Waals surface area (Å²) in [4.78, 5) is 20.3. The highest BCUT2D eigenvalue weighted by Crippen LogP contribution is 2.21. The summed E-state index contributed by atoms with van der Waals surface area (Å²) in [7, 11) is 0. The Labute approximate surface area is 177 Å². The Morgan fingerprint density at radius 2 is 1.90 bits per heavy atom.